The summed E-state index contributed by atoms with van der Waals surface area (Å²) in [5.74, 6) is 0.741. The van der Waals surface area contributed by atoms with Gasteiger partial charge in [-0.05, 0) is 6.07 Å². The maximum absolute atomic E-state index is 6.09. The fraction of sp³-hybridized carbons (Fsp3) is 0.154. The number of fused-ring (bicyclic) bond motifs is 1. The highest BCUT2D eigenvalue weighted by Gasteiger charge is 2.07. The lowest BCUT2D eigenvalue weighted by Crippen LogP contribution is -1.86. The van der Waals surface area contributed by atoms with Crippen LogP contribution in [0.25, 0.3) is 10.9 Å². The number of hydrogen-bond donors (Lipinski definition) is 2. The van der Waals surface area contributed by atoms with Crippen molar-refractivity contribution in [3.8, 4) is 0 Å². The van der Waals surface area contributed by atoms with Crippen LogP contribution in [0, 0.1) is 0 Å². The number of H-pyrrole nitrogens is 1. The molecule has 1 aromatic carbocycles. The maximum Gasteiger partial charge on any atom is 0.201 e. The lowest BCUT2D eigenvalue weighted by molar-refractivity contribution is 0.428. The van der Waals surface area contributed by atoms with Gasteiger partial charge in [-0.2, -0.15) is 0 Å². The van der Waals surface area contributed by atoms with Crippen molar-refractivity contribution in [1.82, 2.24) is 9.97 Å². The zero-order valence-corrected chi connectivity index (χ0v) is 11.8. The number of hydrogen-bond acceptors (Lipinski definition) is 4. The average molecular weight is 294 g/mol. The van der Waals surface area contributed by atoms with E-state index in [2.05, 4.69) is 14.7 Å². The Kier molecular flexibility index (Phi) is 3.40. The van der Waals surface area contributed by atoms with Gasteiger partial charge in [0.05, 0.1) is 22.4 Å². The van der Waals surface area contributed by atoms with Gasteiger partial charge in [0, 0.05) is 30.0 Å². The molecule has 98 valence electrons. The van der Waals surface area contributed by atoms with Gasteiger partial charge in [-0.25, -0.2) is 4.98 Å². The fourth-order valence-corrected chi connectivity index (χ4v) is 2.65. The molecule has 2 aromatic heterocycles. The quantitative estimate of drug-likeness (QED) is 0.696. The minimum atomic E-state index is 0.719. The summed E-state index contributed by atoms with van der Waals surface area (Å²) >= 11 is 7.48. The van der Waals surface area contributed by atoms with Gasteiger partial charge in [0.1, 0.15) is 0 Å². The monoisotopic (exact) mass is 293 g/mol. The Morgan fingerprint density at radius 1 is 1.47 bits per heavy atom. The normalized spacial score (nSPS) is 11.1. The van der Waals surface area contributed by atoms with E-state index in [0.29, 0.717) is 0 Å². The molecule has 0 saturated carbocycles. The summed E-state index contributed by atoms with van der Waals surface area (Å²) in [7, 11) is 0. The van der Waals surface area contributed by atoms with Crippen LogP contribution in [0.5, 0.6) is 0 Å². The third kappa shape index (κ3) is 2.43. The van der Waals surface area contributed by atoms with Gasteiger partial charge >= 0.3 is 0 Å². The van der Waals surface area contributed by atoms with Gasteiger partial charge in [-0.15, -0.1) is 0 Å². The van der Waals surface area contributed by atoms with E-state index in [1.165, 1.54) is 11.9 Å². The van der Waals surface area contributed by atoms with E-state index in [4.69, 9.17) is 16.0 Å². The maximum atomic E-state index is 6.09. The Hall–Kier alpha value is -1.59. The first-order valence-electron chi connectivity index (χ1n) is 5.91. The van der Waals surface area contributed by atoms with Crippen molar-refractivity contribution in [3.63, 3.8) is 0 Å². The van der Waals surface area contributed by atoms with Crippen molar-refractivity contribution in [3.05, 3.63) is 41.5 Å². The summed E-state index contributed by atoms with van der Waals surface area (Å²) in [5, 5.41) is 2.46. The van der Waals surface area contributed by atoms with E-state index in [-0.39, 0.29) is 0 Å². The molecule has 0 radical (unpaired) electrons. The van der Waals surface area contributed by atoms with Crippen molar-refractivity contribution in [1.29, 1.82) is 0 Å². The van der Waals surface area contributed by atoms with Crippen LogP contribution in [0.1, 0.15) is 12.8 Å². The number of halogens is 1. The number of nitrogens with zero attached hydrogens (tertiary/aromatic N) is 1. The molecule has 0 amide bonds. The molecule has 0 fully saturated rings. The minimum absolute atomic E-state index is 0.719. The largest absolute Gasteiger partial charge is 0.433 e. The van der Waals surface area contributed by atoms with E-state index in [1.807, 2.05) is 25.1 Å². The molecule has 0 bridgehead atoms. The summed E-state index contributed by atoms with van der Waals surface area (Å²) in [6.07, 6.45) is 4.30. The molecule has 0 spiro atoms. The van der Waals surface area contributed by atoms with E-state index in [0.717, 1.165) is 39.0 Å². The third-order valence-electron chi connectivity index (χ3n) is 2.76. The highest BCUT2D eigenvalue weighted by molar-refractivity contribution is 8.00. The topological polar surface area (TPSA) is 53.9 Å². The Morgan fingerprint density at radius 3 is 3.16 bits per heavy atom. The molecule has 0 saturated heterocycles. The second kappa shape index (κ2) is 5.19. The van der Waals surface area contributed by atoms with E-state index in [9.17, 15) is 0 Å². The molecule has 0 unspecified atom stereocenters. The first kappa shape index (κ1) is 12.4. The standard InChI is InChI=1S/C13H12ClN3OS/c1-2-11-15-7-12(18-11)19-17-10-5-3-4-8-9(14)6-16-13(8)10/h3-7,16-17H,2H2,1H3. The lowest BCUT2D eigenvalue weighted by Gasteiger charge is -2.04. The van der Waals surface area contributed by atoms with Crippen molar-refractivity contribution in [2.45, 2.75) is 18.4 Å². The zero-order valence-electron chi connectivity index (χ0n) is 10.2. The fourth-order valence-electron chi connectivity index (χ4n) is 1.81. The molecule has 0 aliphatic heterocycles. The first-order chi connectivity index (χ1) is 9.28. The van der Waals surface area contributed by atoms with Crippen molar-refractivity contribution >= 4 is 40.1 Å². The molecule has 4 nitrogen and oxygen atoms in total. The molecular formula is C13H12ClN3OS. The lowest BCUT2D eigenvalue weighted by atomic mass is 10.2. The average Bonchev–Trinajstić information content (AvgIpc) is 3.04. The molecule has 3 aromatic rings. The van der Waals surface area contributed by atoms with E-state index >= 15 is 0 Å². The number of benzene rings is 1. The Morgan fingerprint density at radius 2 is 2.37 bits per heavy atom. The highest BCUT2D eigenvalue weighted by Crippen LogP contribution is 2.31. The molecule has 2 heterocycles. The van der Waals surface area contributed by atoms with Gasteiger partial charge < -0.3 is 14.1 Å². The van der Waals surface area contributed by atoms with Crippen LogP contribution in [0.4, 0.5) is 5.69 Å². The second-order valence-corrected chi connectivity index (χ2v) is 5.21. The molecular weight excluding hydrogens is 282 g/mol. The van der Waals surface area contributed by atoms with Crippen LogP contribution >= 0.6 is 23.5 Å². The van der Waals surface area contributed by atoms with Gasteiger partial charge in [-0.1, -0.05) is 30.7 Å². The predicted octanol–water partition coefficient (Wildman–Crippen LogP) is 4.49. The van der Waals surface area contributed by atoms with Crippen LogP contribution in [-0.2, 0) is 6.42 Å². The van der Waals surface area contributed by atoms with Crippen molar-refractivity contribution in [2.75, 3.05) is 4.72 Å². The summed E-state index contributed by atoms with van der Waals surface area (Å²) in [5.41, 5.74) is 1.94. The predicted molar refractivity (Wildman–Crippen MR) is 78.7 cm³/mol. The number of aromatic nitrogens is 2. The van der Waals surface area contributed by atoms with Crippen LogP contribution in [0.2, 0.25) is 5.02 Å². The summed E-state index contributed by atoms with van der Waals surface area (Å²) in [4.78, 5) is 7.31. The van der Waals surface area contributed by atoms with Crippen LogP contribution in [-0.4, -0.2) is 9.97 Å². The van der Waals surface area contributed by atoms with Crippen LogP contribution < -0.4 is 4.72 Å². The molecule has 0 aliphatic carbocycles. The molecule has 19 heavy (non-hydrogen) atoms. The number of aromatic amines is 1. The van der Waals surface area contributed by atoms with Gasteiger partial charge in [0.25, 0.3) is 0 Å². The third-order valence-corrected chi connectivity index (χ3v) is 3.79. The highest BCUT2D eigenvalue weighted by atomic mass is 35.5. The number of oxazole rings is 1. The SMILES string of the molecule is CCc1ncc(SNc2cccc3c(Cl)c[nH]c23)o1. The van der Waals surface area contributed by atoms with Gasteiger partial charge in [0.15, 0.2) is 5.89 Å². The smallest absolute Gasteiger partial charge is 0.201 e. The number of rotatable bonds is 4. The number of anilines is 1. The number of nitrogens with one attached hydrogen (secondary N) is 2. The second-order valence-electron chi connectivity index (χ2n) is 4.00. The minimum Gasteiger partial charge on any atom is -0.433 e. The molecule has 2 N–H and O–H groups in total. The molecule has 0 atom stereocenters. The summed E-state index contributed by atoms with van der Waals surface area (Å²) in [6, 6.07) is 5.93. The van der Waals surface area contributed by atoms with Crippen LogP contribution in [0.15, 0.2) is 40.1 Å². The van der Waals surface area contributed by atoms with Crippen LogP contribution in [0.3, 0.4) is 0 Å². The van der Waals surface area contributed by atoms with Gasteiger partial charge in [-0.3, -0.25) is 0 Å². The Balaban J connectivity index is 1.81. The zero-order chi connectivity index (χ0) is 13.2. The van der Waals surface area contributed by atoms with E-state index < -0.39 is 0 Å². The summed E-state index contributed by atoms with van der Waals surface area (Å²) < 4.78 is 8.77. The van der Waals surface area contributed by atoms with Crippen molar-refractivity contribution in [2.24, 2.45) is 0 Å². The number of aryl methyl sites for hydroxylation is 1. The van der Waals surface area contributed by atoms with Crippen molar-refractivity contribution < 1.29 is 4.42 Å². The summed E-state index contributed by atoms with van der Waals surface area (Å²) in [6.45, 7) is 2.01. The Bertz CT molecular complexity index is 707. The van der Waals surface area contributed by atoms with E-state index in [1.54, 1.807) is 12.4 Å². The number of para-hydroxylation sites is 1. The Labute approximate surface area is 119 Å². The van der Waals surface area contributed by atoms with Gasteiger partial charge in [0.2, 0.25) is 5.09 Å². The molecule has 6 heteroatoms. The molecule has 3 rings (SSSR count). The molecule has 0 aliphatic rings. The first-order valence-corrected chi connectivity index (χ1v) is 7.10.